The lowest BCUT2D eigenvalue weighted by Gasteiger charge is -2.34. The molecule has 0 amide bonds. The Labute approximate surface area is 113 Å². The number of rotatable bonds is 7. The molecule has 3 nitrogen and oxygen atoms in total. The normalized spacial score (nSPS) is 28.8. The minimum atomic E-state index is -0.0385. The standard InChI is InChI=1S/C15H32N2O/c1-6-17(10-12(2)3)14-7-8-15(9-14,11-18)16-13(4)5/h12-14,16,18H,6-11H2,1-5H3. The van der Waals surface area contributed by atoms with Crippen LogP contribution in [0.3, 0.4) is 0 Å². The predicted octanol–water partition coefficient (Wildman–Crippen LogP) is 2.25. The Hall–Kier alpha value is -0.120. The third kappa shape index (κ3) is 4.22. The van der Waals surface area contributed by atoms with Gasteiger partial charge in [-0.3, -0.25) is 0 Å². The van der Waals surface area contributed by atoms with Gasteiger partial charge in [0.1, 0.15) is 0 Å². The second-order valence-corrected chi connectivity index (χ2v) is 6.62. The Morgan fingerprint density at radius 1 is 1.33 bits per heavy atom. The molecule has 1 rings (SSSR count). The van der Waals surface area contributed by atoms with Crippen LogP contribution in [0.15, 0.2) is 0 Å². The van der Waals surface area contributed by atoms with E-state index in [1.54, 1.807) is 0 Å². The minimum absolute atomic E-state index is 0.0385. The molecule has 0 bridgehead atoms. The number of hydrogen-bond donors (Lipinski definition) is 2. The summed E-state index contributed by atoms with van der Waals surface area (Å²) in [6.45, 7) is 13.7. The van der Waals surface area contributed by atoms with Crippen molar-refractivity contribution in [3.05, 3.63) is 0 Å². The van der Waals surface area contributed by atoms with Crippen LogP contribution in [-0.2, 0) is 0 Å². The average Bonchev–Trinajstić information content (AvgIpc) is 2.69. The lowest BCUT2D eigenvalue weighted by molar-refractivity contribution is 0.132. The molecule has 0 heterocycles. The largest absolute Gasteiger partial charge is 0.394 e. The van der Waals surface area contributed by atoms with Gasteiger partial charge in [0, 0.05) is 24.2 Å². The van der Waals surface area contributed by atoms with Crippen molar-refractivity contribution < 1.29 is 5.11 Å². The molecule has 0 spiro atoms. The number of hydrogen-bond acceptors (Lipinski definition) is 3. The van der Waals surface area contributed by atoms with Gasteiger partial charge in [-0.15, -0.1) is 0 Å². The van der Waals surface area contributed by atoms with Gasteiger partial charge in [-0.05, 0) is 31.7 Å². The van der Waals surface area contributed by atoms with Crippen LogP contribution < -0.4 is 5.32 Å². The first-order valence-corrected chi connectivity index (χ1v) is 7.55. The molecular formula is C15H32N2O. The number of nitrogens with zero attached hydrogens (tertiary/aromatic N) is 1. The monoisotopic (exact) mass is 256 g/mol. The molecule has 1 aliphatic carbocycles. The zero-order valence-corrected chi connectivity index (χ0v) is 12.9. The zero-order chi connectivity index (χ0) is 13.8. The van der Waals surface area contributed by atoms with Crippen LogP contribution in [0.2, 0.25) is 0 Å². The summed E-state index contributed by atoms with van der Waals surface area (Å²) < 4.78 is 0. The quantitative estimate of drug-likeness (QED) is 0.733. The van der Waals surface area contributed by atoms with Crippen molar-refractivity contribution in [3.63, 3.8) is 0 Å². The summed E-state index contributed by atoms with van der Waals surface area (Å²) in [4.78, 5) is 2.59. The molecule has 0 aromatic heterocycles. The summed E-state index contributed by atoms with van der Waals surface area (Å²) in [7, 11) is 0. The van der Waals surface area contributed by atoms with Gasteiger partial charge >= 0.3 is 0 Å². The molecule has 108 valence electrons. The molecule has 0 aromatic carbocycles. The van der Waals surface area contributed by atoms with Crippen LogP contribution in [0.4, 0.5) is 0 Å². The van der Waals surface area contributed by atoms with Gasteiger partial charge in [0.15, 0.2) is 0 Å². The minimum Gasteiger partial charge on any atom is -0.394 e. The second-order valence-electron chi connectivity index (χ2n) is 6.62. The predicted molar refractivity (Wildman–Crippen MR) is 77.8 cm³/mol. The van der Waals surface area contributed by atoms with E-state index in [0.717, 1.165) is 19.4 Å². The highest BCUT2D eigenvalue weighted by atomic mass is 16.3. The molecule has 2 N–H and O–H groups in total. The highest BCUT2D eigenvalue weighted by Crippen LogP contribution is 2.33. The topological polar surface area (TPSA) is 35.5 Å². The highest BCUT2D eigenvalue weighted by Gasteiger charge is 2.40. The Morgan fingerprint density at radius 2 is 2.00 bits per heavy atom. The molecule has 3 heteroatoms. The molecule has 2 unspecified atom stereocenters. The van der Waals surface area contributed by atoms with E-state index in [1.165, 1.54) is 13.0 Å². The number of nitrogens with one attached hydrogen (secondary N) is 1. The molecule has 18 heavy (non-hydrogen) atoms. The first kappa shape index (κ1) is 15.9. The van der Waals surface area contributed by atoms with Gasteiger partial charge in [-0.1, -0.05) is 34.6 Å². The molecule has 2 atom stereocenters. The van der Waals surface area contributed by atoms with E-state index in [0.29, 0.717) is 18.0 Å². The molecule has 1 aliphatic rings. The maximum atomic E-state index is 9.74. The average molecular weight is 256 g/mol. The molecule has 0 aromatic rings. The van der Waals surface area contributed by atoms with Gasteiger partial charge in [0.2, 0.25) is 0 Å². The number of aliphatic hydroxyl groups is 1. The van der Waals surface area contributed by atoms with Gasteiger partial charge in [-0.25, -0.2) is 0 Å². The van der Waals surface area contributed by atoms with Gasteiger partial charge in [0.05, 0.1) is 6.61 Å². The molecule has 1 saturated carbocycles. The van der Waals surface area contributed by atoms with E-state index in [9.17, 15) is 5.11 Å². The first-order chi connectivity index (χ1) is 8.42. The maximum Gasteiger partial charge on any atom is 0.0614 e. The third-order valence-corrected chi connectivity index (χ3v) is 4.00. The molecule has 1 fully saturated rings. The SMILES string of the molecule is CCN(CC(C)C)C1CCC(CO)(NC(C)C)C1. The van der Waals surface area contributed by atoms with E-state index >= 15 is 0 Å². The van der Waals surface area contributed by atoms with E-state index in [2.05, 4.69) is 44.8 Å². The first-order valence-electron chi connectivity index (χ1n) is 7.55. The van der Waals surface area contributed by atoms with Gasteiger partial charge in [0.25, 0.3) is 0 Å². The maximum absolute atomic E-state index is 9.74. The fraction of sp³-hybridized carbons (Fsp3) is 1.00. The van der Waals surface area contributed by atoms with Crippen LogP contribution in [0.5, 0.6) is 0 Å². The van der Waals surface area contributed by atoms with Crippen LogP contribution >= 0.6 is 0 Å². The smallest absolute Gasteiger partial charge is 0.0614 e. The zero-order valence-electron chi connectivity index (χ0n) is 12.9. The van der Waals surface area contributed by atoms with Gasteiger partial charge in [-0.2, -0.15) is 0 Å². The van der Waals surface area contributed by atoms with Crippen molar-refractivity contribution >= 4 is 0 Å². The van der Waals surface area contributed by atoms with Crippen molar-refractivity contribution in [3.8, 4) is 0 Å². The van der Waals surface area contributed by atoms with Crippen LogP contribution in [0, 0.1) is 5.92 Å². The van der Waals surface area contributed by atoms with Crippen molar-refractivity contribution in [1.29, 1.82) is 0 Å². The van der Waals surface area contributed by atoms with E-state index in [1.807, 2.05) is 0 Å². The third-order valence-electron chi connectivity index (χ3n) is 4.00. The van der Waals surface area contributed by atoms with E-state index in [-0.39, 0.29) is 12.1 Å². The van der Waals surface area contributed by atoms with E-state index < -0.39 is 0 Å². The Bertz CT molecular complexity index is 243. The van der Waals surface area contributed by atoms with Crippen LogP contribution in [0.25, 0.3) is 0 Å². The molecule has 0 aliphatic heterocycles. The highest BCUT2D eigenvalue weighted by molar-refractivity contribution is 5.00. The molecule has 0 radical (unpaired) electrons. The van der Waals surface area contributed by atoms with Crippen molar-refractivity contribution in [1.82, 2.24) is 10.2 Å². The molecule has 0 saturated heterocycles. The van der Waals surface area contributed by atoms with Crippen molar-refractivity contribution in [2.75, 3.05) is 19.7 Å². The second kappa shape index (κ2) is 6.88. The summed E-state index contributed by atoms with van der Waals surface area (Å²) >= 11 is 0. The molecular weight excluding hydrogens is 224 g/mol. The Morgan fingerprint density at radius 3 is 2.44 bits per heavy atom. The summed E-state index contributed by atoms with van der Waals surface area (Å²) in [6.07, 6.45) is 3.39. The van der Waals surface area contributed by atoms with Crippen LogP contribution in [-0.4, -0.2) is 47.3 Å². The van der Waals surface area contributed by atoms with Gasteiger partial charge < -0.3 is 15.3 Å². The lowest BCUT2D eigenvalue weighted by atomic mass is 9.97. The summed E-state index contributed by atoms with van der Waals surface area (Å²) in [5.41, 5.74) is -0.0385. The summed E-state index contributed by atoms with van der Waals surface area (Å²) in [6, 6.07) is 1.08. The summed E-state index contributed by atoms with van der Waals surface area (Å²) in [5, 5.41) is 13.3. The number of aliphatic hydroxyl groups excluding tert-OH is 1. The van der Waals surface area contributed by atoms with E-state index in [4.69, 9.17) is 0 Å². The summed E-state index contributed by atoms with van der Waals surface area (Å²) in [5.74, 6) is 0.715. The Balaban J connectivity index is 2.61. The fourth-order valence-electron chi connectivity index (χ4n) is 3.35. The van der Waals surface area contributed by atoms with Crippen LogP contribution in [0.1, 0.15) is 53.9 Å². The Kier molecular flexibility index (Phi) is 6.09. The van der Waals surface area contributed by atoms with Crippen molar-refractivity contribution in [2.45, 2.75) is 71.5 Å². The van der Waals surface area contributed by atoms with Crippen molar-refractivity contribution in [2.24, 2.45) is 5.92 Å². The fourth-order valence-corrected chi connectivity index (χ4v) is 3.35. The lowest BCUT2D eigenvalue weighted by Crippen LogP contribution is -2.51.